The van der Waals surface area contributed by atoms with Crippen molar-refractivity contribution in [2.24, 2.45) is 5.92 Å². The molecule has 0 amide bonds. The Balaban J connectivity index is 1.82. The van der Waals surface area contributed by atoms with Crippen LogP contribution in [0.2, 0.25) is 0 Å². The largest absolute Gasteiger partial charge is 0.359 e. The summed E-state index contributed by atoms with van der Waals surface area (Å²) >= 11 is 5.44. The highest BCUT2D eigenvalue weighted by atomic mass is 32.1. The average Bonchev–Trinajstić information content (AvgIpc) is 2.46. The third kappa shape index (κ3) is 2.38. The third-order valence-electron chi connectivity index (χ3n) is 4.16. The molecule has 2 aliphatic rings. The van der Waals surface area contributed by atoms with Crippen LogP contribution in [0.25, 0.3) is 0 Å². The number of pyridine rings is 1. The first-order valence-corrected chi connectivity index (χ1v) is 7.43. The van der Waals surface area contributed by atoms with E-state index in [0.717, 1.165) is 36.9 Å². The lowest BCUT2D eigenvalue weighted by Crippen LogP contribution is -2.51. The SMILES string of the molecule is C=CCNC(=S)N1C[C@H]2C[C@H](C1)c1cccc(=O)n1C2. The molecule has 1 N–H and O–H groups in total. The maximum Gasteiger partial charge on any atom is 0.250 e. The maximum absolute atomic E-state index is 12.0. The topological polar surface area (TPSA) is 37.3 Å². The van der Waals surface area contributed by atoms with Crippen molar-refractivity contribution in [2.75, 3.05) is 19.6 Å². The molecule has 2 atom stereocenters. The summed E-state index contributed by atoms with van der Waals surface area (Å²) in [4.78, 5) is 14.2. The van der Waals surface area contributed by atoms with Crippen molar-refractivity contribution in [3.8, 4) is 0 Å². The number of fused-ring (bicyclic) bond motifs is 4. The second-order valence-electron chi connectivity index (χ2n) is 5.58. The fourth-order valence-electron chi connectivity index (χ4n) is 3.33. The molecular formula is C15H19N3OS. The summed E-state index contributed by atoms with van der Waals surface area (Å²) in [5, 5.41) is 3.99. The molecule has 1 fully saturated rings. The van der Waals surface area contributed by atoms with E-state index >= 15 is 0 Å². The van der Waals surface area contributed by atoms with Crippen molar-refractivity contribution < 1.29 is 0 Å². The summed E-state index contributed by atoms with van der Waals surface area (Å²) in [7, 11) is 0. The number of rotatable bonds is 2. The first-order valence-electron chi connectivity index (χ1n) is 7.02. The van der Waals surface area contributed by atoms with Crippen LogP contribution in [0, 0.1) is 5.92 Å². The highest BCUT2D eigenvalue weighted by molar-refractivity contribution is 7.80. The molecule has 0 aliphatic carbocycles. The summed E-state index contributed by atoms with van der Waals surface area (Å²) in [5.74, 6) is 0.907. The maximum atomic E-state index is 12.0. The molecule has 0 radical (unpaired) electrons. The molecule has 0 saturated carbocycles. The second kappa shape index (κ2) is 5.40. The van der Waals surface area contributed by atoms with Crippen LogP contribution < -0.4 is 10.9 Å². The Hall–Kier alpha value is -1.62. The van der Waals surface area contributed by atoms with Crippen molar-refractivity contribution in [1.82, 2.24) is 14.8 Å². The molecule has 3 rings (SSSR count). The van der Waals surface area contributed by atoms with Gasteiger partial charge in [0.2, 0.25) is 0 Å². The fourth-order valence-corrected chi connectivity index (χ4v) is 3.57. The minimum absolute atomic E-state index is 0.123. The standard InChI is InChI=1S/C15H19N3OS/c1-2-6-16-15(20)17-8-11-7-12(10-17)13-4-3-5-14(19)18(13)9-11/h2-5,11-12H,1,6-10H2,(H,16,20)/t11-,12-/m1/s1. The lowest BCUT2D eigenvalue weighted by Gasteiger charge is -2.43. The molecular weight excluding hydrogens is 270 g/mol. The summed E-state index contributed by atoms with van der Waals surface area (Å²) in [5.41, 5.74) is 1.28. The van der Waals surface area contributed by atoms with Crippen molar-refractivity contribution in [2.45, 2.75) is 18.9 Å². The molecule has 106 valence electrons. The van der Waals surface area contributed by atoms with E-state index in [1.165, 1.54) is 0 Å². The van der Waals surface area contributed by atoms with Crippen LogP contribution in [0.15, 0.2) is 35.6 Å². The van der Waals surface area contributed by atoms with Gasteiger partial charge in [0.15, 0.2) is 5.11 Å². The Bertz CT molecular complexity index is 595. The Labute approximate surface area is 124 Å². The van der Waals surface area contributed by atoms with E-state index in [4.69, 9.17) is 12.2 Å². The van der Waals surface area contributed by atoms with Crippen LogP contribution in [0.5, 0.6) is 0 Å². The molecule has 0 aromatic carbocycles. The van der Waals surface area contributed by atoms with Gasteiger partial charge in [-0.05, 0) is 30.6 Å². The number of piperidine rings is 1. The van der Waals surface area contributed by atoms with Crippen molar-refractivity contribution >= 4 is 17.3 Å². The second-order valence-corrected chi connectivity index (χ2v) is 5.96. The van der Waals surface area contributed by atoms with E-state index in [1.807, 2.05) is 16.7 Å². The van der Waals surface area contributed by atoms with Gasteiger partial charge in [-0.2, -0.15) is 0 Å². The highest BCUT2D eigenvalue weighted by Crippen LogP contribution is 2.34. The molecule has 3 heterocycles. The van der Waals surface area contributed by atoms with Crippen LogP contribution in [-0.2, 0) is 6.54 Å². The van der Waals surface area contributed by atoms with Gasteiger partial charge in [0.25, 0.3) is 5.56 Å². The zero-order valence-corrected chi connectivity index (χ0v) is 12.2. The zero-order chi connectivity index (χ0) is 14.1. The first kappa shape index (κ1) is 13.4. The van der Waals surface area contributed by atoms with Gasteiger partial charge in [0, 0.05) is 43.9 Å². The van der Waals surface area contributed by atoms with E-state index in [1.54, 1.807) is 6.07 Å². The molecule has 2 bridgehead atoms. The van der Waals surface area contributed by atoms with Crippen molar-refractivity contribution in [3.05, 3.63) is 46.9 Å². The predicted octanol–water partition coefficient (Wildman–Crippen LogP) is 1.33. The number of nitrogens with one attached hydrogen (secondary N) is 1. The normalized spacial score (nSPS) is 23.9. The summed E-state index contributed by atoms with van der Waals surface area (Å²) in [6.07, 6.45) is 2.97. The predicted molar refractivity (Wildman–Crippen MR) is 83.9 cm³/mol. The molecule has 0 spiro atoms. The molecule has 4 nitrogen and oxygen atoms in total. The summed E-state index contributed by atoms with van der Waals surface area (Å²) < 4.78 is 1.94. The Morgan fingerprint density at radius 3 is 3.10 bits per heavy atom. The number of thiocarbonyl (C=S) groups is 1. The van der Waals surface area contributed by atoms with Gasteiger partial charge in [0.1, 0.15) is 0 Å². The Morgan fingerprint density at radius 2 is 2.30 bits per heavy atom. The van der Waals surface area contributed by atoms with Gasteiger partial charge in [-0.1, -0.05) is 12.1 Å². The lowest BCUT2D eigenvalue weighted by molar-refractivity contribution is 0.177. The van der Waals surface area contributed by atoms with E-state index in [9.17, 15) is 4.79 Å². The van der Waals surface area contributed by atoms with Crippen molar-refractivity contribution in [3.63, 3.8) is 0 Å². The van der Waals surface area contributed by atoms with E-state index in [-0.39, 0.29) is 5.56 Å². The Kier molecular flexibility index (Phi) is 3.61. The smallest absolute Gasteiger partial charge is 0.250 e. The molecule has 1 aromatic rings. The number of aromatic nitrogens is 1. The van der Waals surface area contributed by atoms with Crippen LogP contribution in [0.1, 0.15) is 18.0 Å². The lowest BCUT2D eigenvalue weighted by atomic mass is 9.83. The van der Waals surface area contributed by atoms with E-state index in [2.05, 4.69) is 22.9 Å². The molecule has 5 heteroatoms. The molecule has 1 saturated heterocycles. The fraction of sp³-hybridized carbons (Fsp3) is 0.467. The average molecular weight is 289 g/mol. The van der Waals surface area contributed by atoms with Crippen LogP contribution in [0.3, 0.4) is 0 Å². The number of hydrogen-bond donors (Lipinski definition) is 1. The Morgan fingerprint density at radius 1 is 1.45 bits per heavy atom. The summed E-state index contributed by atoms with van der Waals surface area (Å²) in [6.45, 7) is 7.03. The van der Waals surface area contributed by atoms with Crippen LogP contribution in [-0.4, -0.2) is 34.2 Å². The quantitative estimate of drug-likeness (QED) is 0.658. The van der Waals surface area contributed by atoms with Gasteiger partial charge in [-0.15, -0.1) is 6.58 Å². The molecule has 0 unspecified atom stereocenters. The molecule has 20 heavy (non-hydrogen) atoms. The minimum atomic E-state index is 0.123. The highest BCUT2D eigenvalue weighted by Gasteiger charge is 2.35. The third-order valence-corrected chi connectivity index (χ3v) is 4.57. The van der Waals surface area contributed by atoms with Crippen LogP contribution >= 0.6 is 12.2 Å². The summed E-state index contributed by atoms with van der Waals surface area (Å²) in [6, 6.07) is 5.59. The first-order chi connectivity index (χ1) is 9.69. The van der Waals surface area contributed by atoms with E-state index < -0.39 is 0 Å². The molecule has 2 aliphatic heterocycles. The van der Waals surface area contributed by atoms with Crippen LogP contribution in [0.4, 0.5) is 0 Å². The number of hydrogen-bond acceptors (Lipinski definition) is 2. The number of nitrogens with zero attached hydrogens (tertiary/aromatic N) is 2. The van der Waals surface area contributed by atoms with E-state index in [0.29, 0.717) is 18.4 Å². The van der Waals surface area contributed by atoms with Gasteiger partial charge in [0.05, 0.1) is 0 Å². The van der Waals surface area contributed by atoms with Gasteiger partial charge >= 0.3 is 0 Å². The van der Waals surface area contributed by atoms with Crippen molar-refractivity contribution in [1.29, 1.82) is 0 Å². The molecule has 1 aromatic heterocycles. The zero-order valence-electron chi connectivity index (χ0n) is 11.4. The van der Waals surface area contributed by atoms with Gasteiger partial charge in [-0.3, -0.25) is 4.79 Å². The monoisotopic (exact) mass is 289 g/mol. The number of likely N-dealkylation sites (tertiary alicyclic amines) is 1. The van der Waals surface area contributed by atoms with Gasteiger partial charge < -0.3 is 14.8 Å². The minimum Gasteiger partial charge on any atom is -0.359 e. The van der Waals surface area contributed by atoms with Gasteiger partial charge in [-0.25, -0.2) is 0 Å².